The summed E-state index contributed by atoms with van der Waals surface area (Å²) in [5.74, 6) is 0. The van der Waals surface area contributed by atoms with Crippen molar-refractivity contribution in [1.29, 1.82) is 0 Å². The van der Waals surface area contributed by atoms with Crippen molar-refractivity contribution in [3.05, 3.63) is 52.3 Å². The van der Waals surface area contributed by atoms with Crippen LogP contribution in [0.15, 0.2) is 45.9 Å². The van der Waals surface area contributed by atoms with Gasteiger partial charge in [-0.05, 0) is 42.8 Å². The highest BCUT2D eigenvalue weighted by Gasteiger charge is 2.15. The molecule has 0 aliphatic heterocycles. The molecule has 0 aliphatic carbocycles. The highest BCUT2D eigenvalue weighted by Crippen LogP contribution is 2.22. The van der Waals surface area contributed by atoms with E-state index in [2.05, 4.69) is 25.6 Å². The number of benzene rings is 1. The number of pyridine rings is 1. The van der Waals surface area contributed by atoms with Crippen molar-refractivity contribution in [2.24, 2.45) is 5.73 Å². The molecular formula is C13H12BrN3O2S2. The Hall–Kier alpha value is -1.51. The second-order valence-corrected chi connectivity index (χ2v) is 7.40. The van der Waals surface area contributed by atoms with E-state index in [0.717, 1.165) is 10.0 Å². The molecule has 0 bridgehead atoms. The van der Waals surface area contributed by atoms with Crippen LogP contribution in [0.3, 0.4) is 0 Å². The summed E-state index contributed by atoms with van der Waals surface area (Å²) in [5.41, 5.74) is 7.21. The van der Waals surface area contributed by atoms with Crippen molar-refractivity contribution in [2.45, 2.75) is 11.8 Å². The average molecular weight is 386 g/mol. The molecule has 0 saturated carbocycles. The Bertz CT molecular complexity index is 769. The first kappa shape index (κ1) is 15.9. The summed E-state index contributed by atoms with van der Waals surface area (Å²) >= 11 is 8.10. The first-order valence-corrected chi connectivity index (χ1v) is 8.52. The molecule has 2 rings (SSSR count). The maximum absolute atomic E-state index is 12.3. The smallest absolute Gasteiger partial charge is 0.263 e. The third-order valence-corrected chi connectivity index (χ3v) is 4.63. The molecule has 8 heteroatoms. The number of sulfonamides is 1. The van der Waals surface area contributed by atoms with Crippen molar-refractivity contribution in [3.8, 4) is 0 Å². The minimum atomic E-state index is -3.71. The fraction of sp³-hybridized carbons (Fsp3) is 0.0769. The number of aromatic nitrogens is 1. The normalized spacial score (nSPS) is 11.1. The molecule has 110 valence electrons. The summed E-state index contributed by atoms with van der Waals surface area (Å²) in [5, 5.41) is 0. The number of nitrogens with one attached hydrogen (secondary N) is 1. The van der Waals surface area contributed by atoms with Gasteiger partial charge in [-0.25, -0.2) is 8.42 Å². The van der Waals surface area contributed by atoms with E-state index >= 15 is 0 Å². The van der Waals surface area contributed by atoms with Gasteiger partial charge in [0.1, 0.15) is 9.88 Å². The molecule has 5 nitrogen and oxygen atoms in total. The zero-order valence-corrected chi connectivity index (χ0v) is 14.2. The quantitative estimate of drug-likeness (QED) is 0.789. The summed E-state index contributed by atoms with van der Waals surface area (Å²) in [6.45, 7) is 1.88. The van der Waals surface area contributed by atoms with E-state index in [0.29, 0.717) is 11.4 Å². The Kier molecular flexibility index (Phi) is 4.60. The predicted octanol–water partition coefficient (Wildman–Crippen LogP) is 2.59. The molecule has 3 N–H and O–H groups in total. The number of halogens is 1. The van der Waals surface area contributed by atoms with E-state index < -0.39 is 10.0 Å². The number of hydrogen-bond donors (Lipinski definition) is 2. The van der Waals surface area contributed by atoms with Crippen LogP contribution in [-0.2, 0) is 10.0 Å². The Morgan fingerprint density at radius 2 is 2.05 bits per heavy atom. The number of aryl methyl sites for hydroxylation is 1. The van der Waals surface area contributed by atoms with Crippen molar-refractivity contribution in [2.75, 3.05) is 4.72 Å². The van der Waals surface area contributed by atoms with E-state index in [-0.39, 0.29) is 9.88 Å². The summed E-state index contributed by atoms with van der Waals surface area (Å²) < 4.78 is 27.8. The summed E-state index contributed by atoms with van der Waals surface area (Å²) in [7, 11) is -3.71. The second-order valence-electron chi connectivity index (χ2n) is 4.37. The molecule has 21 heavy (non-hydrogen) atoms. The van der Waals surface area contributed by atoms with Crippen LogP contribution in [0.25, 0.3) is 0 Å². The lowest BCUT2D eigenvalue weighted by atomic mass is 10.2. The lowest BCUT2D eigenvalue weighted by Crippen LogP contribution is -2.15. The Morgan fingerprint density at radius 3 is 2.57 bits per heavy atom. The van der Waals surface area contributed by atoms with Crippen LogP contribution in [0.5, 0.6) is 0 Å². The topological polar surface area (TPSA) is 85.1 Å². The molecule has 0 radical (unpaired) electrons. The van der Waals surface area contributed by atoms with Gasteiger partial charge in [-0.3, -0.25) is 9.71 Å². The molecular weight excluding hydrogens is 374 g/mol. The number of thiocarbonyl (C=S) groups is 1. The second kappa shape index (κ2) is 6.08. The molecule has 1 aromatic carbocycles. The van der Waals surface area contributed by atoms with Gasteiger partial charge in [0.25, 0.3) is 10.0 Å². The maximum atomic E-state index is 12.3. The Balaban J connectivity index is 2.31. The van der Waals surface area contributed by atoms with E-state index in [1.54, 1.807) is 12.1 Å². The van der Waals surface area contributed by atoms with Crippen LogP contribution in [0, 0.1) is 6.92 Å². The van der Waals surface area contributed by atoms with Crippen LogP contribution in [0.1, 0.15) is 11.3 Å². The zero-order valence-electron chi connectivity index (χ0n) is 11.0. The van der Waals surface area contributed by atoms with Crippen LogP contribution in [0.2, 0.25) is 0 Å². The third kappa shape index (κ3) is 3.99. The van der Waals surface area contributed by atoms with Crippen LogP contribution >= 0.6 is 28.1 Å². The highest BCUT2D eigenvalue weighted by molar-refractivity contribution is 9.10. The molecule has 0 aliphatic rings. The van der Waals surface area contributed by atoms with Crippen molar-refractivity contribution >= 4 is 48.8 Å². The predicted molar refractivity (Wildman–Crippen MR) is 89.8 cm³/mol. The SMILES string of the molecule is Cc1cc(Br)cc(NS(=O)(=O)c2ccc(C(N)=S)nc2)c1. The number of nitrogens with two attached hydrogens (primary N) is 1. The minimum absolute atomic E-state index is 0.0418. The number of nitrogens with zero attached hydrogens (tertiary/aromatic N) is 1. The zero-order chi connectivity index (χ0) is 15.6. The standard InChI is InChI=1S/C13H12BrN3O2S2/c1-8-4-9(14)6-10(5-8)17-21(18,19)11-2-3-12(13(15)20)16-7-11/h2-7,17H,1H3,(H2,15,20). The van der Waals surface area contributed by atoms with Crippen molar-refractivity contribution in [3.63, 3.8) is 0 Å². The molecule has 0 atom stereocenters. The average Bonchev–Trinajstić information content (AvgIpc) is 2.37. The van der Waals surface area contributed by atoms with Gasteiger partial charge in [0.2, 0.25) is 0 Å². The van der Waals surface area contributed by atoms with Gasteiger partial charge < -0.3 is 5.73 Å². The monoisotopic (exact) mass is 385 g/mol. The van der Waals surface area contributed by atoms with Gasteiger partial charge in [-0.2, -0.15) is 0 Å². The van der Waals surface area contributed by atoms with E-state index in [1.165, 1.54) is 18.3 Å². The number of anilines is 1. The van der Waals surface area contributed by atoms with Crippen LogP contribution < -0.4 is 10.5 Å². The molecule has 0 saturated heterocycles. The molecule has 1 heterocycles. The van der Waals surface area contributed by atoms with Gasteiger partial charge in [0, 0.05) is 10.7 Å². The molecule has 0 amide bonds. The summed E-state index contributed by atoms with van der Waals surface area (Å²) in [4.78, 5) is 4.09. The van der Waals surface area contributed by atoms with E-state index in [4.69, 9.17) is 18.0 Å². The lowest BCUT2D eigenvalue weighted by molar-refractivity contribution is 0.601. The largest absolute Gasteiger partial charge is 0.388 e. The van der Waals surface area contributed by atoms with Crippen LogP contribution in [0.4, 0.5) is 5.69 Å². The van der Waals surface area contributed by atoms with Gasteiger partial charge in [0.15, 0.2) is 0 Å². The fourth-order valence-electron chi connectivity index (χ4n) is 1.69. The van der Waals surface area contributed by atoms with E-state index in [9.17, 15) is 8.42 Å². The Morgan fingerprint density at radius 1 is 1.33 bits per heavy atom. The van der Waals surface area contributed by atoms with Gasteiger partial charge >= 0.3 is 0 Å². The van der Waals surface area contributed by atoms with Crippen molar-refractivity contribution in [1.82, 2.24) is 4.98 Å². The van der Waals surface area contributed by atoms with Gasteiger partial charge in [-0.1, -0.05) is 28.1 Å². The first-order valence-electron chi connectivity index (χ1n) is 5.84. The summed E-state index contributed by atoms with van der Waals surface area (Å²) in [6, 6.07) is 8.19. The third-order valence-electron chi connectivity index (χ3n) is 2.59. The highest BCUT2D eigenvalue weighted by atomic mass is 79.9. The molecule has 0 unspecified atom stereocenters. The molecule has 0 fully saturated rings. The van der Waals surface area contributed by atoms with Gasteiger partial charge in [0.05, 0.1) is 11.4 Å². The molecule has 0 spiro atoms. The summed E-state index contributed by atoms with van der Waals surface area (Å²) in [6.07, 6.45) is 1.22. The van der Waals surface area contributed by atoms with E-state index in [1.807, 2.05) is 13.0 Å². The number of rotatable bonds is 4. The lowest BCUT2D eigenvalue weighted by Gasteiger charge is -2.09. The first-order chi connectivity index (χ1) is 9.78. The Labute approximate surface area is 136 Å². The molecule has 1 aromatic heterocycles. The number of hydrogen-bond acceptors (Lipinski definition) is 4. The fourth-order valence-corrected chi connectivity index (χ4v) is 3.41. The maximum Gasteiger partial charge on any atom is 0.263 e. The van der Waals surface area contributed by atoms with Gasteiger partial charge in [-0.15, -0.1) is 0 Å². The minimum Gasteiger partial charge on any atom is -0.388 e. The van der Waals surface area contributed by atoms with Crippen molar-refractivity contribution < 1.29 is 8.42 Å². The molecule has 2 aromatic rings. The van der Waals surface area contributed by atoms with Crippen LogP contribution in [-0.4, -0.2) is 18.4 Å².